The molecule has 208 valence electrons. The van der Waals surface area contributed by atoms with E-state index in [0.717, 1.165) is 42.4 Å². The molecule has 0 saturated heterocycles. The van der Waals surface area contributed by atoms with Gasteiger partial charge >= 0.3 is 18.4 Å². The van der Waals surface area contributed by atoms with Crippen molar-refractivity contribution in [2.45, 2.75) is 32.0 Å². The Hall–Kier alpha value is -3.65. The first-order valence-corrected chi connectivity index (χ1v) is 10.8. The lowest BCUT2D eigenvalue weighted by Gasteiger charge is -2.22. The van der Waals surface area contributed by atoms with Crippen molar-refractivity contribution in [2.24, 2.45) is 10.7 Å². The summed E-state index contributed by atoms with van der Waals surface area (Å²) in [6.45, 7) is 2.40. The molecule has 3 N–H and O–H groups in total. The summed E-state index contributed by atoms with van der Waals surface area (Å²) in [6, 6.07) is 4.40. The molecule has 0 aliphatic carbocycles. The second kappa shape index (κ2) is 11.8. The number of nitrogens with zero attached hydrogens (tertiary/aromatic N) is 2. The third-order valence-corrected chi connectivity index (χ3v) is 4.80. The largest absolute Gasteiger partial charge is 0.420 e. The second-order valence-corrected chi connectivity index (χ2v) is 8.25. The van der Waals surface area contributed by atoms with Gasteiger partial charge in [0.15, 0.2) is 11.5 Å². The Kier molecular flexibility index (Phi) is 9.51. The minimum Gasteiger partial charge on any atom is -0.409 e. The molecular weight excluding hydrogens is 527 g/mol. The van der Waals surface area contributed by atoms with Crippen LogP contribution in [0.5, 0.6) is 5.75 Å². The molecule has 0 fully saturated rings. The SMILES string of the molecule is CN(C(=O)Oc1c(/C(C=NCCOC(C)(C)O)=C/N)cc(C(F)(F)F)cc1C(F)(F)F)c1ccc(F)cc1. The van der Waals surface area contributed by atoms with Gasteiger partial charge < -0.3 is 20.3 Å². The van der Waals surface area contributed by atoms with E-state index in [1.165, 1.54) is 13.8 Å². The van der Waals surface area contributed by atoms with Crippen molar-refractivity contribution in [1.82, 2.24) is 0 Å². The molecule has 0 saturated carbocycles. The number of amides is 1. The van der Waals surface area contributed by atoms with Gasteiger partial charge in [0, 0.05) is 36.3 Å². The second-order valence-electron chi connectivity index (χ2n) is 8.25. The van der Waals surface area contributed by atoms with E-state index in [1.807, 2.05) is 0 Å². The molecule has 2 rings (SSSR count). The summed E-state index contributed by atoms with van der Waals surface area (Å²) in [4.78, 5) is 17.3. The number of aliphatic hydroxyl groups is 1. The van der Waals surface area contributed by atoms with Crippen molar-refractivity contribution in [2.75, 3.05) is 25.1 Å². The summed E-state index contributed by atoms with van der Waals surface area (Å²) in [6.07, 6.45) is -10.4. The van der Waals surface area contributed by atoms with E-state index in [4.69, 9.17) is 15.2 Å². The first-order chi connectivity index (χ1) is 17.4. The zero-order valence-electron chi connectivity index (χ0n) is 20.3. The summed E-state index contributed by atoms with van der Waals surface area (Å²) in [5, 5.41) is 9.54. The van der Waals surface area contributed by atoms with E-state index in [9.17, 15) is 40.6 Å². The van der Waals surface area contributed by atoms with Crippen molar-refractivity contribution in [3.05, 3.63) is 65.1 Å². The molecule has 7 nitrogen and oxygen atoms in total. The number of carbonyl (C=O) groups is 1. The zero-order chi connectivity index (χ0) is 28.9. The maximum Gasteiger partial charge on any atom is 0.420 e. The van der Waals surface area contributed by atoms with Crippen LogP contribution in [0.15, 0.2) is 47.6 Å². The number of anilines is 1. The number of ether oxygens (including phenoxy) is 2. The Morgan fingerprint density at radius 3 is 2.18 bits per heavy atom. The van der Waals surface area contributed by atoms with Gasteiger partial charge in [-0.2, -0.15) is 26.3 Å². The molecular formula is C24H24F7N3O4. The Balaban J connectivity index is 2.58. The van der Waals surface area contributed by atoms with Gasteiger partial charge in [-0.15, -0.1) is 0 Å². The average molecular weight is 551 g/mol. The first-order valence-electron chi connectivity index (χ1n) is 10.8. The smallest absolute Gasteiger partial charge is 0.409 e. The Morgan fingerprint density at radius 2 is 1.68 bits per heavy atom. The fourth-order valence-corrected chi connectivity index (χ4v) is 2.97. The molecule has 0 bridgehead atoms. The van der Waals surface area contributed by atoms with Crippen LogP contribution in [0.1, 0.15) is 30.5 Å². The molecule has 2 aromatic rings. The van der Waals surface area contributed by atoms with Crippen LogP contribution < -0.4 is 15.4 Å². The van der Waals surface area contributed by atoms with Crippen molar-refractivity contribution < 1.29 is 50.1 Å². The van der Waals surface area contributed by atoms with Gasteiger partial charge in [0.25, 0.3) is 0 Å². The summed E-state index contributed by atoms with van der Waals surface area (Å²) in [7, 11) is 1.11. The number of aliphatic imine (C=N–C) groups is 1. The molecule has 38 heavy (non-hydrogen) atoms. The number of halogens is 7. The summed E-state index contributed by atoms with van der Waals surface area (Å²) in [5.41, 5.74) is 0.713. The number of rotatable bonds is 8. The fourth-order valence-electron chi connectivity index (χ4n) is 2.97. The van der Waals surface area contributed by atoms with Crippen LogP contribution >= 0.6 is 0 Å². The van der Waals surface area contributed by atoms with Crippen molar-refractivity contribution in [3.63, 3.8) is 0 Å². The molecule has 1 amide bonds. The molecule has 0 aromatic heterocycles. The molecule has 0 unspecified atom stereocenters. The van der Waals surface area contributed by atoms with Crippen LogP contribution in [-0.4, -0.2) is 43.4 Å². The normalized spacial score (nSPS) is 13.2. The van der Waals surface area contributed by atoms with E-state index in [0.29, 0.717) is 12.3 Å². The highest BCUT2D eigenvalue weighted by Gasteiger charge is 2.41. The molecule has 2 aromatic carbocycles. The number of carbonyl (C=O) groups excluding carboxylic acids is 1. The van der Waals surface area contributed by atoms with Gasteiger partial charge in [-0.3, -0.25) is 9.89 Å². The highest BCUT2D eigenvalue weighted by atomic mass is 19.4. The van der Waals surface area contributed by atoms with Crippen LogP contribution in [0.3, 0.4) is 0 Å². The van der Waals surface area contributed by atoms with Crippen LogP contribution in [0, 0.1) is 5.82 Å². The Labute approximate surface area is 213 Å². The van der Waals surface area contributed by atoms with Gasteiger partial charge in [0.05, 0.1) is 24.3 Å². The number of hydrogen-bond acceptors (Lipinski definition) is 6. The van der Waals surface area contributed by atoms with Gasteiger partial charge in [-0.1, -0.05) is 0 Å². The van der Waals surface area contributed by atoms with E-state index >= 15 is 0 Å². The number of nitrogens with two attached hydrogens (primary N) is 1. The van der Waals surface area contributed by atoms with E-state index in [-0.39, 0.29) is 24.9 Å². The van der Waals surface area contributed by atoms with Gasteiger partial charge in [0.2, 0.25) is 0 Å². The summed E-state index contributed by atoms with van der Waals surface area (Å²) < 4.78 is 105. The quantitative estimate of drug-likeness (QED) is 0.192. The van der Waals surface area contributed by atoms with Crippen molar-refractivity contribution in [3.8, 4) is 5.75 Å². The van der Waals surface area contributed by atoms with E-state index in [1.54, 1.807) is 0 Å². The molecule has 0 spiro atoms. The van der Waals surface area contributed by atoms with Gasteiger partial charge in [-0.05, 0) is 50.2 Å². The minimum atomic E-state index is -5.38. The van der Waals surface area contributed by atoms with Crippen molar-refractivity contribution in [1.29, 1.82) is 0 Å². The maximum atomic E-state index is 13.9. The fraction of sp³-hybridized carbons (Fsp3) is 0.333. The lowest BCUT2D eigenvalue weighted by molar-refractivity contribution is -0.173. The molecule has 0 aliphatic rings. The number of alkyl halides is 6. The van der Waals surface area contributed by atoms with Crippen LogP contribution in [0.2, 0.25) is 0 Å². The standard InChI is InChI=1S/C24H24F7N3O4/c1-22(2,36)37-9-8-33-13-14(12-32)18-10-15(23(26,27)28)11-19(24(29,30)31)20(18)38-21(35)34(3)17-6-4-16(25)5-7-17/h4-7,10-13,36H,8-9,32H2,1-3H3/b14-12+,33-13?. The predicted octanol–water partition coefficient (Wildman–Crippen LogP) is 5.61. The topological polar surface area (TPSA) is 97.4 Å². The number of benzene rings is 2. The molecule has 0 atom stereocenters. The number of allylic oxidation sites excluding steroid dienone is 1. The molecule has 0 radical (unpaired) electrons. The Bertz CT molecular complexity index is 1190. The highest BCUT2D eigenvalue weighted by Crippen LogP contribution is 2.44. The third kappa shape index (κ3) is 8.45. The van der Waals surface area contributed by atoms with E-state index < -0.39 is 58.1 Å². The molecule has 14 heteroatoms. The van der Waals surface area contributed by atoms with Crippen LogP contribution in [-0.2, 0) is 17.1 Å². The summed E-state index contributed by atoms with van der Waals surface area (Å²) in [5.74, 6) is -3.40. The monoisotopic (exact) mass is 551 g/mol. The van der Waals surface area contributed by atoms with Crippen LogP contribution in [0.4, 0.5) is 41.2 Å². The predicted molar refractivity (Wildman–Crippen MR) is 125 cm³/mol. The third-order valence-electron chi connectivity index (χ3n) is 4.80. The summed E-state index contributed by atoms with van der Waals surface area (Å²) >= 11 is 0. The van der Waals surface area contributed by atoms with Gasteiger partial charge in [-0.25, -0.2) is 9.18 Å². The van der Waals surface area contributed by atoms with Gasteiger partial charge in [0.1, 0.15) is 5.82 Å². The first kappa shape index (κ1) is 30.6. The maximum absolute atomic E-state index is 13.9. The highest BCUT2D eigenvalue weighted by molar-refractivity contribution is 6.11. The minimum absolute atomic E-state index is 0.0291. The Morgan fingerprint density at radius 1 is 1.08 bits per heavy atom. The van der Waals surface area contributed by atoms with Crippen LogP contribution in [0.25, 0.3) is 5.57 Å². The number of hydrogen-bond donors (Lipinski definition) is 2. The molecule has 0 aliphatic heterocycles. The van der Waals surface area contributed by atoms with E-state index in [2.05, 4.69) is 4.99 Å². The average Bonchev–Trinajstić information content (AvgIpc) is 2.79. The molecule has 0 heterocycles. The van der Waals surface area contributed by atoms with Crippen molar-refractivity contribution >= 4 is 23.6 Å². The zero-order valence-corrected chi connectivity index (χ0v) is 20.3. The lowest BCUT2D eigenvalue weighted by atomic mass is 9.98. The lowest BCUT2D eigenvalue weighted by Crippen LogP contribution is -2.30.